The molecule has 120 valence electrons. The van der Waals surface area contributed by atoms with Crippen molar-refractivity contribution >= 4 is 5.78 Å². The molecule has 1 saturated heterocycles. The number of ketones is 1. The van der Waals surface area contributed by atoms with E-state index in [0.717, 1.165) is 30.4 Å². The van der Waals surface area contributed by atoms with Crippen molar-refractivity contribution in [3.63, 3.8) is 0 Å². The summed E-state index contributed by atoms with van der Waals surface area (Å²) >= 11 is 0. The minimum atomic E-state index is -0.487. The number of carbonyl (C=O) groups excluding carboxylic acids is 1. The first-order chi connectivity index (χ1) is 11.2. The van der Waals surface area contributed by atoms with Crippen LogP contribution in [0, 0.1) is 0 Å². The topological polar surface area (TPSA) is 49.3 Å². The molecule has 3 atom stereocenters. The summed E-state index contributed by atoms with van der Waals surface area (Å²) < 4.78 is 0. The zero-order valence-electron chi connectivity index (χ0n) is 13.2. The molecule has 23 heavy (non-hydrogen) atoms. The van der Waals surface area contributed by atoms with Gasteiger partial charge in [-0.2, -0.15) is 0 Å². The number of Topliss-reactive ketones (excluding diaryl/α,β-unsaturated/α-hetero) is 1. The molecule has 0 saturated carbocycles. The summed E-state index contributed by atoms with van der Waals surface area (Å²) in [6.07, 6.45) is 3.04. The second kappa shape index (κ2) is 7.53. The molecule has 0 amide bonds. The highest BCUT2D eigenvalue weighted by atomic mass is 16.3. The van der Waals surface area contributed by atoms with E-state index in [1.807, 2.05) is 60.7 Å². The van der Waals surface area contributed by atoms with Gasteiger partial charge in [0, 0.05) is 11.6 Å². The summed E-state index contributed by atoms with van der Waals surface area (Å²) in [5.74, 6) is 0.157. The molecular formula is C20H23NO2. The van der Waals surface area contributed by atoms with Crippen LogP contribution in [0.25, 0.3) is 0 Å². The van der Waals surface area contributed by atoms with E-state index >= 15 is 0 Å². The molecule has 2 aromatic rings. The lowest BCUT2D eigenvalue weighted by molar-refractivity contribution is 0.0882. The van der Waals surface area contributed by atoms with Crippen LogP contribution >= 0.6 is 0 Å². The van der Waals surface area contributed by atoms with E-state index in [1.165, 1.54) is 0 Å². The molecule has 1 aliphatic heterocycles. The number of aliphatic hydroxyl groups is 1. The number of piperidine rings is 1. The first-order valence-corrected chi connectivity index (χ1v) is 8.32. The van der Waals surface area contributed by atoms with Crippen LogP contribution in [0.15, 0.2) is 60.7 Å². The fourth-order valence-electron chi connectivity index (χ4n) is 3.30. The van der Waals surface area contributed by atoms with E-state index in [1.54, 1.807) is 0 Å². The number of benzene rings is 2. The maximum absolute atomic E-state index is 12.6. The highest BCUT2D eigenvalue weighted by Crippen LogP contribution is 2.24. The third kappa shape index (κ3) is 4.06. The minimum Gasteiger partial charge on any atom is -0.388 e. The first-order valence-electron chi connectivity index (χ1n) is 8.32. The van der Waals surface area contributed by atoms with Crippen LogP contribution < -0.4 is 5.32 Å². The van der Waals surface area contributed by atoms with Crippen molar-refractivity contribution in [3.05, 3.63) is 71.8 Å². The van der Waals surface area contributed by atoms with Gasteiger partial charge in [0.25, 0.3) is 0 Å². The molecule has 1 aliphatic rings. The van der Waals surface area contributed by atoms with Gasteiger partial charge < -0.3 is 10.4 Å². The molecule has 1 heterocycles. The van der Waals surface area contributed by atoms with Crippen LogP contribution in [-0.2, 0) is 0 Å². The fraction of sp³-hybridized carbons (Fsp3) is 0.350. The van der Waals surface area contributed by atoms with Gasteiger partial charge in [0.15, 0.2) is 5.78 Å². The Morgan fingerprint density at radius 3 is 2.39 bits per heavy atom. The number of aliphatic hydroxyl groups excluding tert-OH is 1. The molecule has 3 rings (SSSR count). The van der Waals surface area contributed by atoms with Crippen molar-refractivity contribution in [1.29, 1.82) is 0 Å². The summed E-state index contributed by atoms with van der Waals surface area (Å²) in [7, 11) is 0. The van der Waals surface area contributed by atoms with Gasteiger partial charge in [0.2, 0.25) is 0 Å². The molecule has 3 nitrogen and oxygen atoms in total. The molecule has 0 aromatic heterocycles. The predicted molar refractivity (Wildman–Crippen MR) is 91.4 cm³/mol. The Morgan fingerprint density at radius 1 is 1.04 bits per heavy atom. The summed E-state index contributed by atoms with van der Waals surface area (Å²) in [5.41, 5.74) is 1.69. The van der Waals surface area contributed by atoms with E-state index in [9.17, 15) is 9.90 Å². The second-order valence-corrected chi connectivity index (χ2v) is 6.24. The van der Waals surface area contributed by atoms with Gasteiger partial charge in [-0.1, -0.05) is 60.7 Å². The molecule has 0 aliphatic carbocycles. The zero-order valence-corrected chi connectivity index (χ0v) is 13.2. The molecule has 0 unspecified atom stereocenters. The SMILES string of the molecule is O=C(c1ccccc1)[C@H]1CCC[C@H](C[C@@H](O)c2ccccc2)N1. The Bertz CT molecular complexity index is 627. The standard InChI is InChI=1S/C20H23NO2/c22-19(15-8-3-1-4-9-15)14-17-12-7-13-18(21-17)20(23)16-10-5-2-6-11-16/h1-6,8-11,17-19,21-22H,7,12-14H2/t17-,18-,19-/m1/s1. The lowest BCUT2D eigenvalue weighted by Crippen LogP contribution is -2.47. The highest BCUT2D eigenvalue weighted by molar-refractivity contribution is 6.00. The maximum atomic E-state index is 12.6. The van der Waals surface area contributed by atoms with Gasteiger partial charge in [-0.25, -0.2) is 0 Å². The molecule has 2 N–H and O–H groups in total. The number of nitrogens with one attached hydrogen (secondary N) is 1. The molecular weight excluding hydrogens is 286 g/mol. The van der Waals surface area contributed by atoms with Crippen molar-refractivity contribution in [3.8, 4) is 0 Å². The van der Waals surface area contributed by atoms with Crippen LogP contribution in [0.2, 0.25) is 0 Å². The van der Waals surface area contributed by atoms with Crippen LogP contribution in [0.1, 0.15) is 47.7 Å². The van der Waals surface area contributed by atoms with Crippen LogP contribution in [0.3, 0.4) is 0 Å². The van der Waals surface area contributed by atoms with Crippen molar-refractivity contribution in [2.45, 2.75) is 43.9 Å². The Balaban J connectivity index is 1.61. The summed E-state index contributed by atoms with van der Waals surface area (Å²) in [4.78, 5) is 12.6. The summed E-state index contributed by atoms with van der Waals surface area (Å²) in [6.45, 7) is 0. The smallest absolute Gasteiger partial charge is 0.179 e. The normalized spacial score (nSPS) is 22.5. The number of hydrogen-bond donors (Lipinski definition) is 2. The van der Waals surface area contributed by atoms with Crippen molar-refractivity contribution < 1.29 is 9.90 Å². The highest BCUT2D eigenvalue weighted by Gasteiger charge is 2.28. The summed E-state index contributed by atoms with van der Waals surface area (Å²) in [6, 6.07) is 19.2. The quantitative estimate of drug-likeness (QED) is 0.831. The average Bonchev–Trinajstić information content (AvgIpc) is 2.63. The average molecular weight is 309 g/mol. The van der Waals surface area contributed by atoms with Crippen LogP contribution in [0.4, 0.5) is 0 Å². The number of hydrogen-bond acceptors (Lipinski definition) is 3. The molecule has 2 aromatic carbocycles. The monoisotopic (exact) mass is 309 g/mol. The van der Waals surface area contributed by atoms with Crippen molar-refractivity contribution in [2.24, 2.45) is 0 Å². The molecule has 1 fully saturated rings. The van der Waals surface area contributed by atoms with Gasteiger partial charge in [0.1, 0.15) is 0 Å². The third-order valence-electron chi connectivity index (χ3n) is 4.55. The largest absolute Gasteiger partial charge is 0.388 e. The molecule has 0 radical (unpaired) electrons. The van der Waals surface area contributed by atoms with Gasteiger partial charge in [-0.15, -0.1) is 0 Å². The van der Waals surface area contributed by atoms with Gasteiger partial charge in [-0.05, 0) is 31.2 Å². The zero-order chi connectivity index (χ0) is 16.1. The van der Waals surface area contributed by atoms with E-state index in [0.29, 0.717) is 6.42 Å². The van der Waals surface area contributed by atoms with Crippen molar-refractivity contribution in [2.75, 3.05) is 0 Å². The van der Waals surface area contributed by atoms with E-state index < -0.39 is 6.10 Å². The number of carbonyl (C=O) groups is 1. The first kappa shape index (κ1) is 15.9. The maximum Gasteiger partial charge on any atom is 0.179 e. The lowest BCUT2D eigenvalue weighted by atomic mass is 9.89. The fourth-order valence-corrected chi connectivity index (χ4v) is 3.30. The van der Waals surface area contributed by atoms with Crippen LogP contribution in [-0.4, -0.2) is 23.0 Å². The van der Waals surface area contributed by atoms with Crippen LogP contribution in [0.5, 0.6) is 0 Å². The molecule has 0 spiro atoms. The third-order valence-corrected chi connectivity index (χ3v) is 4.55. The molecule has 3 heteroatoms. The Kier molecular flexibility index (Phi) is 5.21. The molecule has 0 bridgehead atoms. The van der Waals surface area contributed by atoms with Gasteiger partial charge in [-0.3, -0.25) is 4.79 Å². The minimum absolute atomic E-state index is 0.140. The van der Waals surface area contributed by atoms with Crippen molar-refractivity contribution in [1.82, 2.24) is 5.32 Å². The number of rotatable bonds is 5. The lowest BCUT2D eigenvalue weighted by Gasteiger charge is -2.31. The van der Waals surface area contributed by atoms with Gasteiger partial charge >= 0.3 is 0 Å². The summed E-state index contributed by atoms with van der Waals surface area (Å²) in [5, 5.41) is 13.8. The second-order valence-electron chi connectivity index (χ2n) is 6.24. The predicted octanol–water partition coefficient (Wildman–Crippen LogP) is 3.50. The Morgan fingerprint density at radius 2 is 1.70 bits per heavy atom. The van der Waals surface area contributed by atoms with E-state index in [2.05, 4.69) is 5.32 Å². The van der Waals surface area contributed by atoms with E-state index in [4.69, 9.17) is 0 Å². The Hall–Kier alpha value is -1.97. The Labute approximate surface area is 137 Å². The van der Waals surface area contributed by atoms with Gasteiger partial charge in [0.05, 0.1) is 12.1 Å². The van der Waals surface area contributed by atoms with E-state index in [-0.39, 0.29) is 17.9 Å².